The zero-order chi connectivity index (χ0) is 14.7. The third kappa shape index (κ3) is 3.09. The third-order valence-electron chi connectivity index (χ3n) is 4.58. The number of carbonyl (C=O) groups is 2. The van der Waals surface area contributed by atoms with Gasteiger partial charge in [-0.2, -0.15) is 0 Å². The molecule has 1 saturated heterocycles. The lowest BCUT2D eigenvalue weighted by atomic mass is 9.91. The van der Waals surface area contributed by atoms with Gasteiger partial charge >= 0.3 is 0 Å². The highest BCUT2D eigenvalue weighted by Gasteiger charge is 2.38. The van der Waals surface area contributed by atoms with Gasteiger partial charge in [0.25, 0.3) is 0 Å². The summed E-state index contributed by atoms with van der Waals surface area (Å²) in [4.78, 5) is 26.5. The van der Waals surface area contributed by atoms with E-state index in [9.17, 15) is 9.59 Å². The van der Waals surface area contributed by atoms with Crippen LogP contribution in [0.1, 0.15) is 37.7 Å². The topological polar surface area (TPSA) is 49.4 Å². The first-order chi connectivity index (χ1) is 10.3. The molecule has 1 unspecified atom stereocenters. The summed E-state index contributed by atoms with van der Waals surface area (Å²) < 4.78 is 0. The van der Waals surface area contributed by atoms with E-state index in [1.54, 1.807) is 0 Å². The van der Waals surface area contributed by atoms with E-state index in [2.05, 4.69) is 5.32 Å². The predicted molar refractivity (Wildman–Crippen MR) is 80.7 cm³/mol. The molecule has 1 aliphatic heterocycles. The lowest BCUT2D eigenvalue weighted by Crippen LogP contribution is -2.62. The zero-order valence-electron chi connectivity index (χ0n) is 12.3. The molecule has 3 rings (SSSR count). The molecule has 1 aliphatic carbocycles. The Morgan fingerprint density at radius 3 is 2.48 bits per heavy atom. The van der Waals surface area contributed by atoms with Crippen molar-refractivity contribution in [3.63, 3.8) is 0 Å². The highest BCUT2D eigenvalue weighted by atomic mass is 16.2. The molecule has 21 heavy (non-hydrogen) atoms. The molecule has 2 aliphatic rings. The van der Waals surface area contributed by atoms with E-state index >= 15 is 0 Å². The van der Waals surface area contributed by atoms with Crippen LogP contribution in [0.3, 0.4) is 0 Å². The van der Waals surface area contributed by atoms with Gasteiger partial charge in [0, 0.05) is 12.5 Å². The lowest BCUT2D eigenvalue weighted by Gasteiger charge is -2.42. The fourth-order valence-electron chi connectivity index (χ4n) is 3.52. The Morgan fingerprint density at radius 1 is 1.05 bits per heavy atom. The number of nitrogens with one attached hydrogen (secondary N) is 1. The molecule has 1 N–H and O–H groups in total. The monoisotopic (exact) mass is 286 g/mol. The van der Waals surface area contributed by atoms with Gasteiger partial charge in [0.1, 0.15) is 6.04 Å². The van der Waals surface area contributed by atoms with Gasteiger partial charge in [0.05, 0.1) is 6.54 Å². The standard InChI is InChI=1S/C17H22N2O2/c20-16-12-18-17(21)15(11-13-7-3-1-4-8-13)19(16)14-9-5-2-6-10-14/h1,3-4,7-8,14-15H,2,5-6,9-12H2,(H,18,21). The van der Waals surface area contributed by atoms with Crippen LogP contribution in [0.5, 0.6) is 0 Å². The first-order valence-electron chi connectivity index (χ1n) is 7.88. The number of benzene rings is 1. The molecular formula is C17H22N2O2. The fraction of sp³-hybridized carbons (Fsp3) is 0.529. The summed E-state index contributed by atoms with van der Waals surface area (Å²) >= 11 is 0. The largest absolute Gasteiger partial charge is 0.345 e. The minimum Gasteiger partial charge on any atom is -0.345 e. The number of amides is 2. The highest BCUT2D eigenvalue weighted by Crippen LogP contribution is 2.26. The Hall–Kier alpha value is -1.84. The molecule has 112 valence electrons. The summed E-state index contributed by atoms with van der Waals surface area (Å²) in [5.74, 6) is 0.0615. The average Bonchev–Trinajstić information content (AvgIpc) is 2.53. The Morgan fingerprint density at radius 2 is 1.76 bits per heavy atom. The predicted octanol–water partition coefficient (Wildman–Crippen LogP) is 1.89. The Labute approximate surface area is 125 Å². The van der Waals surface area contributed by atoms with Crippen LogP contribution in [0.15, 0.2) is 30.3 Å². The number of hydrogen-bond acceptors (Lipinski definition) is 2. The highest BCUT2D eigenvalue weighted by molar-refractivity contribution is 5.95. The first-order valence-corrected chi connectivity index (χ1v) is 7.88. The molecule has 0 radical (unpaired) electrons. The van der Waals surface area contributed by atoms with Crippen molar-refractivity contribution in [2.24, 2.45) is 0 Å². The normalized spacial score (nSPS) is 24.0. The van der Waals surface area contributed by atoms with Gasteiger partial charge in [-0.3, -0.25) is 9.59 Å². The zero-order valence-corrected chi connectivity index (χ0v) is 12.3. The van der Waals surface area contributed by atoms with Crippen LogP contribution in [-0.4, -0.2) is 35.3 Å². The maximum absolute atomic E-state index is 12.4. The smallest absolute Gasteiger partial charge is 0.243 e. The van der Waals surface area contributed by atoms with Crippen molar-refractivity contribution < 1.29 is 9.59 Å². The molecule has 1 heterocycles. The molecule has 4 nitrogen and oxygen atoms in total. The number of piperazine rings is 1. The van der Waals surface area contributed by atoms with Crippen LogP contribution in [0.4, 0.5) is 0 Å². The average molecular weight is 286 g/mol. The second-order valence-corrected chi connectivity index (χ2v) is 6.02. The van der Waals surface area contributed by atoms with Crippen molar-refractivity contribution in [2.45, 2.75) is 50.6 Å². The van der Waals surface area contributed by atoms with Crippen LogP contribution in [0, 0.1) is 0 Å². The number of nitrogens with zero attached hydrogens (tertiary/aromatic N) is 1. The Bertz CT molecular complexity index is 509. The Balaban J connectivity index is 1.81. The van der Waals surface area contributed by atoms with Crippen molar-refractivity contribution in [3.8, 4) is 0 Å². The van der Waals surface area contributed by atoms with Crippen molar-refractivity contribution in [3.05, 3.63) is 35.9 Å². The lowest BCUT2D eigenvalue weighted by molar-refractivity contribution is -0.149. The molecule has 1 aromatic carbocycles. The van der Waals surface area contributed by atoms with Crippen LogP contribution >= 0.6 is 0 Å². The third-order valence-corrected chi connectivity index (χ3v) is 4.58. The number of hydrogen-bond donors (Lipinski definition) is 1. The molecule has 2 amide bonds. The quantitative estimate of drug-likeness (QED) is 0.922. The van der Waals surface area contributed by atoms with Crippen molar-refractivity contribution >= 4 is 11.8 Å². The van der Waals surface area contributed by atoms with Gasteiger partial charge in [-0.15, -0.1) is 0 Å². The van der Waals surface area contributed by atoms with Crippen LogP contribution in [-0.2, 0) is 16.0 Å². The molecule has 1 aromatic rings. The van der Waals surface area contributed by atoms with Gasteiger partial charge in [-0.1, -0.05) is 49.6 Å². The summed E-state index contributed by atoms with van der Waals surface area (Å²) in [6.07, 6.45) is 6.24. The summed E-state index contributed by atoms with van der Waals surface area (Å²) in [6.45, 7) is 0.153. The molecule has 0 spiro atoms. The van der Waals surface area contributed by atoms with E-state index in [4.69, 9.17) is 0 Å². The van der Waals surface area contributed by atoms with E-state index in [1.807, 2.05) is 35.2 Å². The maximum atomic E-state index is 12.4. The van der Waals surface area contributed by atoms with Crippen LogP contribution < -0.4 is 5.32 Å². The van der Waals surface area contributed by atoms with E-state index in [0.29, 0.717) is 6.42 Å². The van der Waals surface area contributed by atoms with Crippen molar-refractivity contribution in [1.82, 2.24) is 10.2 Å². The summed E-state index contributed by atoms with van der Waals surface area (Å²) in [5.41, 5.74) is 1.10. The van der Waals surface area contributed by atoms with Crippen molar-refractivity contribution in [1.29, 1.82) is 0 Å². The van der Waals surface area contributed by atoms with E-state index in [0.717, 1.165) is 31.2 Å². The second-order valence-electron chi connectivity index (χ2n) is 6.02. The molecule has 4 heteroatoms. The van der Waals surface area contributed by atoms with E-state index in [1.165, 1.54) is 6.42 Å². The minimum atomic E-state index is -0.350. The van der Waals surface area contributed by atoms with Crippen LogP contribution in [0.25, 0.3) is 0 Å². The molecule has 2 fully saturated rings. The summed E-state index contributed by atoms with van der Waals surface area (Å²) in [7, 11) is 0. The minimum absolute atomic E-state index is 0.0102. The maximum Gasteiger partial charge on any atom is 0.243 e. The van der Waals surface area contributed by atoms with Gasteiger partial charge < -0.3 is 10.2 Å². The molecule has 0 bridgehead atoms. The van der Waals surface area contributed by atoms with Gasteiger partial charge in [0.15, 0.2) is 0 Å². The van der Waals surface area contributed by atoms with E-state index in [-0.39, 0.29) is 30.4 Å². The van der Waals surface area contributed by atoms with Gasteiger partial charge in [-0.05, 0) is 18.4 Å². The SMILES string of the molecule is O=C1NCC(=O)N(C2CCCCC2)C1Cc1ccccc1. The molecule has 0 aromatic heterocycles. The molecule has 1 saturated carbocycles. The summed E-state index contributed by atoms with van der Waals surface area (Å²) in [6, 6.07) is 9.85. The first kappa shape index (κ1) is 14.1. The van der Waals surface area contributed by atoms with Gasteiger partial charge in [-0.25, -0.2) is 0 Å². The van der Waals surface area contributed by atoms with Crippen LogP contribution in [0.2, 0.25) is 0 Å². The number of rotatable bonds is 3. The summed E-state index contributed by atoms with van der Waals surface area (Å²) in [5, 5.41) is 2.74. The molecule has 1 atom stereocenters. The van der Waals surface area contributed by atoms with Gasteiger partial charge in [0.2, 0.25) is 11.8 Å². The Kier molecular flexibility index (Phi) is 4.23. The van der Waals surface area contributed by atoms with E-state index < -0.39 is 0 Å². The van der Waals surface area contributed by atoms with Crippen molar-refractivity contribution in [2.75, 3.05) is 6.54 Å². The fourth-order valence-corrected chi connectivity index (χ4v) is 3.52. The number of carbonyl (C=O) groups excluding carboxylic acids is 2. The molecular weight excluding hydrogens is 264 g/mol. The second kappa shape index (κ2) is 6.29.